The van der Waals surface area contributed by atoms with E-state index in [0.29, 0.717) is 22.1 Å². The molecule has 94 valence electrons. The summed E-state index contributed by atoms with van der Waals surface area (Å²) < 4.78 is 10.5. The number of amides is 1. The van der Waals surface area contributed by atoms with Crippen molar-refractivity contribution in [2.24, 2.45) is 5.84 Å². The van der Waals surface area contributed by atoms with E-state index in [0.717, 1.165) is 0 Å². The summed E-state index contributed by atoms with van der Waals surface area (Å²) in [6.07, 6.45) is 4.34. The van der Waals surface area contributed by atoms with Gasteiger partial charge in [0.2, 0.25) is 0 Å². The van der Waals surface area contributed by atoms with Crippen molar-refractivity contribution in [3.63, 3.8) is 0 Å². The highest BCUT2D eigenvalue weighted by Crippen LogP contribution is 2.17. The molecule has 2 rings (SSSR count). The Morgan fingerprint density at radius 1 is 1.50 bits per heavy atom. The van der Waals surface area contributed by atoms with Crippen LogP contribution in [-0.4, -0.2) is 10.9 Å². The molecule has 6 nitrogen and oxygen atoms in total. The van der Waals surface area contributed by atoms with Crippen molar-refractivity contribution < 1.29 is 13.9 Å². The van der Waals surface area contributed by atoms with E-state index in [2.05, 4.69) is 4.98 Å². The van der Waals surface area contributed by atoms with Crippen LogP contribution in [0.25, 0.3) is 0 Å². The Hall–Kier alpha value is -2.05. The standard InChI is InChI=1S/C11H10ClN3O3/c12-8-2-9(4-14-3-8)18-6-10-1-7(5-17-10)11(16)15-13/h1-5H,6,13H2,(H,15,16). The van der Waals surface area contributed by atoms with Gasteiger partial charge in [0.15, 0.2) is 0 Å². The summed E-state index contributed by atoms with van der Waals surface area (Å²) in [5, 5.41) is 0.482. The Labute approximate surface area is 108 Å². The van der Waals surface area contributed by atoms with Gasteiger partial charge in [-0.15, -0.1) is 0 Å². The summed E-state index contributed by atoms with van der Waals surface area (Å²) in [6, 6.07) is 3.17. The molecule has 0 fully saturated rings. The quantitative estimate of drug-likeness (QED) is 0.498. The third kappa shape index (κ3) is 2.99. The third-order valence-electron chi connectivity index (χ3n) is 2.11. The fourth-order valence-corrected chi connectivity index (χ4v) is 1.45. The molecule has 0 unspecified atom stereocenters. The zero-order chi connectivity index (χ0) is 13.0. The van der Waals surface area contributed by atoms with Crippen molar-refractivity contribution >= 4 is 17.5 Å². The summed E-state index contributed by atoms with van der Waals surface area (Å²) in [7, 11) is 0. The molecule has 0 bridgehead atoms. The lowest BCUT2D eigenvalue weighted by Gasteiger charge is -2.03. The molecular formula is C11H10ClN3O3. The second-order valence-corrected chi connectivity index (χ2v) is 3.84. The van der Waals surface area contributed by atoms with Gasteiger partial charge in [-0.25, -0.2) is 5.84 Å². The normalized spacial score (nSPS) is 10.1. The highest BCUT2D eigenvalue weighted by atomic mass is 35.5. The van der Waals surface area contributed by atoms with Gasteiger partial charge in [0, 0.05) is 12.3 Å². The molecule has 18 heavy (non-hydrogen) atoms. The van der Waals surface area contributed by atoms with Gasteiger partial charge in [0.1, 0.15) is 24.4 Å². The number of carbonyl (C=O) groups is 1. The number of rotatable bonds is 4. The summed E-state index contributed by atoms with van der Waals surface area (Å²) in [5.41, 5.74) is 2.34. The van der Waals surface area contributed by atoms with E-state index in [1.807, 2.05) is 5.43 Å². The van der Waals surface area contributed by atoms with E-state index in [4.69, 9.17) is 26.6 Å². The van der Waals surface area contributed by atoms with E-state index in [1.165, 1.54) is 18.7 Å². The molecular weight excluding hydrogens is 258 g/mol. The molecule has 0 aliphatic carbocycles. The zero-order valence-electron chi connectivity index (χ0n) is 9.22. The average molecular weight is 268 g/mol. The van der Waals surface area contributed by atoms with Crippen molar-refractivity contribution in [2.75, 3.05) is 0 Å². The number of nitrogens with two attached hydrogens (primary N) is 1. The number of hydrogen-bond acceptors (Lipinski definition) is 5. The molecule has 1 amide bonds. The highest BCUT2D eigenvalue weighted by molar-refractivity contribution is 6.30. The molecule has 0 aromatic carbocycles. The number of nitrogen functional groups attached to an aromatic ring is 1. The number of pyridine rings is 1. The molecule has 0 aliphatic rings. The minimum Gasteiger partial charge on any atom is -0.484 e. The van der Waals surface area contributed by atoms with Crippen LogP contribution in [0.1, 0.15) is 16.1 Å². The largest absolute Gasteiger partial charge is 0.484 e. The van der Waals surface area contributed by atoms with Crippen molar-refractivity contribution in [1.29, 1.82) is 0 Å². The van der Waals surface area contributed by atoms with Crippen molar-refractivity contribution in [2.45, 2.75) is 6.61 Å². The fourth-order valence-electron chi connectivity index (χ4n) is 1.28. The molecule has 0 saturated heterocycles. The number of aromatic nitrogens is 1. The van der Waals surface area contributed by atoms with Gasteiger partial charge in [-0.2, -0.15) is 0 Å². The number of nitrogens with one attached hydrogen (secondary N) is 1. The lowest BCUT2D eigenvalue weighted by Crippen LogP contribution is -2.29. The minimum absolute atomic E-state index is 0.167. The second-order valence-electron chi connectivity index (χ2n) is 3.40. The number of hydrogen-bond donors (Lipinski definition) is 2. The predicted molar refractivity (Wildman–Crippen MR) is 63.9 cm³/mol. The first-order valence-electron chi connectivity index (χ1n) is 5.01. The number of halogens is 1. The van der Waals surface area contributed by atoms with E-state index in [1.54, 1.807) is 12.1 Å². The van der Waals surface area contributed by atoms with Crippen molar-refractivity contribution in [3.05, 3.63) is 47.1 Å². The Bertz CT molecular complexity index is 556. The van der Waals surface area contributed by atoms with Crippen LogP contribution in [0.15, 0.2) is 35.2 Å². The van der Waals surface area contributed by atoms with Gasteiger partial charge in [0.05, 0.1) is 16.8 Å². The maximum atomic E-state index is 11.2. The van der Waals surface area contributed by atoms with E-state index < -0.39 is 5.91 Å². The minimum atomic E-state index is -0.422. The molecule has 0 spiro atoms. The zero-order valence-corrected chi connectivity index (χ0v) is 9.98. The molecule has 2 aromatic heterocycles. The molecule has 7 heteroatoms. The van der Waals surface area contributed by atoms with E-state index in [-0.39, 0.29) is 6.61 Å². The second kappa shape index (κ2) is 5.52. The molecule has 2 heterocycles. The van der Waals surface area contributed by atoms with Gasteiger partial charge in [-0.1, -0.05) is 11.6 Å². The SMILES string of the molecule is NNC(=O)c1coc(COc2cncc(Cl)c2)c1. The summed E-state index contributed by atoms with van der Waals surface area (Å²) >= 11 is 5.76. The first-order chi connectivity index (χ1) is 8.69. The summed E-state index contributed by atoms with van der Waals surface area (Å²) in [6.45, 7) is 0.167. The Kier molecular flexibility index (Phi) is 3.81. The van der Waals surface area contributed by atoms with Gasteiger partial charge in [-0.05, 0) is 6.07 Å². The van der Waals surface area contributed by atoms with Crippen LogP contribution in [0.5, 0.6) is 5.75 Å². The van der Waals surface area contributed by atoms with Gasteiger partial charge >= 0.3 is 0 Å². The molecule has 2 aromatic rings. The van der Waals surface area contributed by atoms with Crippen molar-refractivity contribution in [3.8, 4) is 5.75 Å². The van der Waals surface area contributed by atoms with Crippen LogP contribution in [0.2, 0.25) is 5.02 Å². The van der Waals surface area contributed by atoms with Gasteiger partial charge in [-0.3, -0.25) is 15.2 Å². The molecule has 0 saturated carbocycles. The van der Waals surface area contributed by atoms with Crippen LogP contribution in [0, 0.1) is 0 Å². The molecule has 3 N–H and O–H groups in total. The first-order valence-corrected chi connectivity index (χ1v) is 5.38. The number of ether oxygens (including phenoxy) is 1. The van der Waals surface area contributed by atoms with Crippen molar-refractivity contribution in [1.82, 2.24) is 10.4 Å². The van der Waals surface area contributed by atoms with E-state index in [9.17, 15) is 4.79 Å². The van der Waals surface area contributed by atoms with Gasteiger partial charge in [0.25, 0.3) is 5.91 Å². The number of hydrazine groups is 1. The Morgan fingerprint density at radius 2 is 2.33 bits per heavy atom. The molecule has 0 atom stereocenters. The highest BCUT2D eigenvalue weighted by Gasteiger charge is 2.09. The lowest BCUT2D eigenvalue weighted by molar-refractivity contribution is 0.0953. The van der Waals surface area contributed by atoms with Crippen LogP contribution in [-0.2, 0) is 6.61 Å². The first kappa shape index (κ1) is 12.4. The maximum Gasteiger partial charge on any atom is 0.268 e. The van der Waals surface area contributed by atoms with E-state index >= 15 is 0 Å². The summed E-state index contributed by atoms with van der Waals surface area (Å²) in [5.74, 6) is 5.59. The monoisotopic (exact) mass is 267 g/mol. The van der Waals surface area contributed by atoms with Gasteiger partial charge < -0.3 is 9.15 Å². The van der Waals surface area contributed by atoms with Crippen LogP contribution < -0.4 is 16.0 Å². The Morgan fingerprint density at radius 3 is 3.06 bits per heavy atom. The Balaban J connectivity index is 1.98. The summed E-state index contributed by atoms with van der Waals surface area (Å²) in [4.78, 5) is 15.1. The number of carbonyl (C=O) groups excluding carboxylic acids is 1. The molecule has 0 aliphatic heterocycles. The van der Waals surface area contributed by atoms with Crippen LogP contribution in [0.3, 0.4) is 0 Å². The lowest BCUT2D eigenvalue weighted by atomic mass is 10.3. The number of furan rings is 1. The topological polar surface area (TPSA) is 90.4 Å². The predicted octanol–water partition coefficient (Wildman–Crippen LogP) is 1.51. The maximum absolute atomic E-state index is 11.2. The smallest absolute Gasteiger partial charge is 0.268 e. The third-order valence-corrected chi connectivity index (χ3v) is 2.31. The van der Waals surface area contributed by atoms with Crippen LogP contribution in [0.4, 0.5) is 0 Å². The fraction of sp³-hybridized carbons (Fsp3) is 0.0909. The number of nitrogens with zero attached hydrogens (tertiary/aromatic N) is 1. The molecule has 0 radical (unpaired) electrons. The average Bonchev–Trinajstić information content (AvgIpc) is 2.84. The van der Waals surface area contributed by atoms with Crippen LogP contribution >= 0.6 is 11.6 Å².